The quantitative estimate of drug-likeness (QED) is 0.763. The molecule has 1 aromatic carbocycles. The van der Waals surface area contributed by atoms with Gasteiger partial charge in [0.25, 0.3) is 5.91 Å². The molecule has 1 aromatic rings. The highest BCUT2D eigenvalue weighted by molar-refractivity contribution is 5.97. The van der Waals surface area contributed by atoms with Crippen LogP contribution in [0, 0.1) is 5.92 Å². The number of ether oxygens (including phenoxy) is 1. The molecule has 0 spiro atoms. The summed E-state index contributed by atoms with van der Waals surface area (Å²) in [5.74, 6) is 0.764. The van der Waals surface area contributed by atoms with Gasteiger partial charge in [-0.3, -0.25) is 9.59 Å². The number of benzene rings is 1. The molecule has 0 radical (unpaired) electrons. The Kier molecular flexibility index (Phi) is 6.67. The van der Waals surface area contributed by atoms with Crippen molar-refractivity contribution in [3.05, 3.63) is 23.8 Å². The Labute approximate surface area is 154 Å². The van der Waals surface area contributed by atoms with E-state index in [0.29, 0.717) is 17.9 Å². The van der Waals surface area contributed by atoms with Crippen molar-refractivity contribution in [1.29, 1.82) is 0 Å². The molecule has 138 valence electrons. The van der Waals surface area contributed by atoms with Crippen LogP contribution in [0.5, 0.6) is 5.75 Å². The van der Waals surface area contributed by atoms with E-state index in [0.717, 1.165) is 31.5 Å². The molecule has 2 heterocycles. The highest BCUT2D eigenvalue weighted by Gasteiger charge is 2.27. The Balaban J connectivity index is 0.00000225. The van der Waals surface area contributed by atoms with Crippen molar-refractivity contribution >= 4 is 29.9 Å². The van der Waals surface area contributed by atoms with Crippen LogP contribution < -0.4 is 20.7 Å². The summed E-state index contributed by atoms with van der Waals surface area (Å²) in [7, 11) is 0. The number of nitrogens with one attached hydrogen (secondary N) is 3. The lowest BCUT2D eigenvalue weighted by Gasteiger charge is -2.27. The molecule has 0 aliphatic carbocycles. The topological polar surface area (TPSA) is 79.5 Å². The standard InChI is InChI=1S/C18H25N3O3.ClH/c1-3-15-18(23)21-14-5-4-13(10-16(14)24-15)11(2)20-17(22)12-6-8-19-9-7-12;/h4-5,10-12,15,19H,3,6-9H2,1-2H3,(H,20,22)(H,21,23);1H. The minimum atomic E-state index is -0.451. The normalized spacial score (nSPS) is 21.2. The van der Waals surface area contributed by atoms with E-state index < -0.39 is 6.10 Å². The minimum absolute atomic E-state index is 0. The average molecular weight is 368 g/mol. The average Bonchev–Trinajstić information content (AvgIpc) is 2.61. The number of amides is 2. The van der Waals surface area contributed by atoms with Gasteiger partial charge in [-0.1, -0.05) is 13.0 Å². The molecule has 0 bridgehead atoms. The molecule has 0 saturated carbocycles. The highest BCUT2D eigenvalue weighted by Crippen LogP contribution is 2.33. The molecule has 2 aliphatic rings. The number of carbonyl (C=O) groups is 2. The smallest absolute Gasteiger partial charge is 0.265 e. The van der Waals surface area contributed by atoms with Crippen LogP contribution in [-0.4, -0.2) is 31.0 Å². The van der Waals surface area contributed by atoms with Gasteiger partial charge in [0, 0.05) is 5.92 Å². The second-order valence-corrected chi connectivity index (χ2v) is 6.51. The summed E-state index contributed by atoms with van der Waals surface area (Å²) in [4.78, 5) is 24.2. The maximum atomic E-state index is 12.4. The van der Waals surface area contributed by atoms with Crippen molar-refractivity contribution in [3.8, 4) is 5.75 Å². The van der Waals surface area contributed by atoms with Crippen LogP contribution in [0.25, 0.3) is 0 Å². The molecular formula is C18H26ClN3O3. The van der Waals surface area contributed by atoms with Gasteiger partial charge in [0.05, 0.1) is 11.7 Å². The zero-order valence-electron chi connectivity index (χ0n) is 14.6. The van der Waals surface area contributed by atoms with Crippen molar-refractivity contribution < 1.29 is 14.3 Å². The first-order chi connectivity index (χ1) is 11.6. The predicted octanol–water partition coefficient (Wildman–Crippen LogP) is 2.39. The number of anilines is 1. The molecule has 6 nitrogen and oxygen atoms in total. The van der Waals surface area contributed by atoms with E-state index >= 15 is 0 Å². The SMILES string of the molecule is CCC1Oc2cc(C(C)NC(=O)C3CCNCC3)ccc2NC1=O.Cl. The molecular weight excluding hydrogens is 342 g/mol. The number of hydrogen-bond acceptors (Lipinski definition) is 4. The second kappa shape index (κ2) is 8.54. The minimum Gasteiger partial charge on any atom is -0.478 e. The molecule has 3 N–H and O–H groups in total. The molecule has 1 fully saturated rings. The van der Waals surface area contributed by atoms with Crippen LogP contribution in [0.15, 0.2) is 18.2 Å². The fourth-order valence-corrected chi connectivity index (χ4v) is 3.20. The first kappa shape index (κ1) is 19.5. The number of halogens is 1. The number of rotatable bonds is 4. The lowest BCUT2D eigenvalue weighted by molar-refractivity contribution is -0.126. The number of carbonyl (C=O) groups excluding carboxylic acids is 2. The number of piperidine rings is 1. The van der Waals surface area contributed by atoms with Gasteiger partial charge in [0.15, 0.2) is 6.10 Å². The van der Waals surface area contributed by atoms with Gasteiger partial charge in [-0.2, -0.15) is 0 Å². The predicted molar refractivity (Wildman–Crippen MR) is 99.2 cm³/mol. The van der Waals surface area contributed by atoms with Gasteiger partial charge in [-0.25, -0.2) is 0 Å². The zero-order valence-corrected chi connectivity index (χ0v) is 15.4. The summed E-state index contributed by atoms with van der Waals surface area (Å²) >= 11 is 0. The fourth-order valence-electron chi connectivity index (χ4n) is 3.20. The van der Waals surface area contributed by atoms with Gasteiger partial charge in [-0.15, -0.1) is 12.4 Å². The van der Waals surface area contributed by atoms with E-state index in [1.54, 1.807) is 0 Å². The molecule has 2 amide bonds. The van der Waals surface area contributed by atoms with Crippen molar-refractivity contribution in [2.75, 3.05) is 18.4 Å². The van der Waals surface area contributed by atoms with E-state index in [1.165, 1.54) is 0 Å². The first-order valence-electron chi connectivity index (χ1n) is 8.71. The van der Waals surface area contributed by atoms with Crippen LogP contribution in [-0.2, 0) is 9.59 Å². The zero-order chi connectivity index (χ0) is 17.1. The molecule has 1 saturated heterocycles. The van der Waals surface area contributed by atoms with E-state index in [4.69, 9.17) is 4.74 Å². The summed E-state index contributed by atoms with van der Waals surface area (Å²) in [5, 5.41) is 9.23. The summed E-state index contributed by atoms with van der Waals surface area (Å²) in [5.41, 5.74) is 1.66. The molecule has 2 unspecified atom stereocenters. The Bertz CT molecular complexity index is 632. The molecule has 0 aromatic heterocycles. The summed E-state index contributed by atoms with van der Waals surface area (Å²) in [6.45, 7) is 5.69. The monoisotopic (exact) mass is 367 g/mol. The molecule has 2 atom stereocenters. The molecule has 2 aliphatic heterocycles. The van der Waals surface area contributed by atoms with Crippen LogP contribution in [0.4, 0.5) is 5.69 Å². The maximum Gasteiger partial charge on any atom is 0.265 e. The Morgan fingerprint density at radius 3 is 2.76 bits per heavy atom. The van der Waals surface area contributed by atoms with Crippen LogP contribution in [0.2, 0.25) is 0 Å². The Morgan fingerprint density at radius 2 is 2.08 bits per heavy atom. The number of hydrogen-bond donors (Lipinski definition) is 3. The second-order valence-electron chi connectivity index (χ2n) is 6.51. The lowest BCUT2D eigenvalue weighted by atomic mass is 9.96. The summed E-state index contributed by atoms with van der Waals surface area (Å²) in [6.07, 6.45) is 1.94. The lowest BCUT2D eigenvalue weighted by Crippen LogP contribution is -2.39. The molecule has 3 rings (SSSR count). The number of fused-ring (bicyclic) bond motifs is 1. The third-order valence-corrected chi connectivity index (χ3v) is 4.76. The van der Waals surface area contributed by atoms with Crippen molar-refractivity contribution in [2.24, 2.45) is 5.92 Å². The fraction of sp³-hybridized carbons (Fsp3) is 0.556. The van der Waals surface area contributed by atoms with Crippen molar-refractivity contribution in [2.45, 2.75) is 45.3 Å². The third kappa shape index (κ3) is 4.44. The van der Waals surface area contributed by atoms with Gasteiger partial charge < -0.3 is 20.7 Å². The van der Waals surface area contributed by atoms with Gasteiger partial charge >= 0.3 is 0 Å². The van der Waals surface area contributed by atoms with Gasteiger partial charge in [0.2, 0.25) is 5.91 Å². The van der Waals surface area contributed by atoms with Crippen molar-refractivity contribution in [3.63, 3.8) is 0 Å². The summed E-state index contributed by atoms with van der Waals surface area (Å²) < 4.78 is 5.77. The molecule has 25 heavy (non-hydrogen) atoms. The van der Waals surface area contributed by atoms with Crippen LogP contribution >= 0.6 is 12.4 Å². The first-order valence-corrected chi connectivity index (χ1v) is 8.71. The van der Waals surface area contributed by atoms with E-state index in [-0.39, 0.29) is 36.2 Å². The van der Waals surface area contributed by atoms with Gasteiger partial charge in [0.1, 0.15) is 5.75 Å². The largest absolute Gasteiger partial charge is 0.478 e. The van der Waals surface area contributed by atoms with Crippen LogP contribution in [0.1, 0.15) is 44.7 Å². The Hall–Kier alpha value is -1.79. The van der Waals surface area contributed by atoms with Crippen LogP contribution in [0.3, 0.4) is 0 Å². The summed E-state index contributed by atoms with van der Waals surface area (Å²) in [6, 6.07) is 5.56. The van der Waals surface area contributed by atoms with E-state index in [1.807, 2.05) is 32.0 Å². The maximum absolute atomic E-state index is 12.4. The third-order valence-electron chi connectivity index (χ3n) is 4.76. The molecule has 7 heteroatoms. The van der Waals surface area contributed by atoms with Crippen molar-refractivity contribution in [1.82, 2.24) is 10.6 Å². The van der Waals surface area contributed by atoms with E-state index in [2.05, 4.69) is 16.0 Å². The Morgan fingerprint density at radius 1 is 1.36 bits per heavy atom. The van der Waals surface area contributed by atoms with Gasteiger partial charge in [-0.05, 0) is 57.0 Å². The highest BCUT2D eigenvalue weighted by atomic mass is 35.5. The van der Waals surface area contributed by atoms with E-state index in [9.17, 15) is 9.59 Å².